The van der Waals surface area contributed by atoms with Crippen molar-refractivity contribution in [1.82, 2.24) is 0 Å². The van der Waals surface area contributed by atoms with Crippen molar-refractivity contribution < 1.29 is 12.3 Å². The molecule has 4 heteroatoms. The molecule has 16 heavy (non-hydrogen) atoms. The highest BCUT2D eigenvalue weighted by Gasteiger charge is 2.22. The second kappa shape index (κ2) is 3.84. The molecule has 0 radical (unpaired) electrons. The van der Waals surface area contributed by atoms with Crippen molar-refractivity contribution in [2.45, 2.75) is 44.9 Å². The van der Waals surface area contributed by atoms with Crippen molar-refractivity contribution in [3.05, 3.63) is 28.8 Å². The van der Waals surface area contributed by atoms with Gasteiger partial charge in [0.05, 0.1) is 0 Å². The predicted octanol–water partition coefficient (Wildman–Crippen LogP) is 3.26. The van der Waals surface area contributed by atoms with Crippen LogP contribution in [0, 0.1) is 13.8 Å². The van der Waals surface area contributed by atoms with E-state index < -0.39 is 10.2 Å². The van der Waals surface area contributed by atoms with Gasteiger partial charge in [-0.2, -0.15) is 8.42 Å². The summed E-state index contributed by atoms with van der Waals surface area (Å²) in [4.78, 5) is -0.194. The Bertz CT molecular complexity index is 487. The minimum absolute atomic E-state index is 0.0753. The van der Waals surface area contributed by atoms with Crippen molar-refractivity contribution in [1.29, 1.82) is 0 Å². The van der Waals surface area contributed by atoms with Gasteiger partial charge < -0.3 is 0 Å². The molecule has 0 fully saturated rings. The van der Waals surface area contributed by atoms with Crippen molar-refractivity contribution in [2.24, 2.45) is 0 Å². The van der Waals surface area contributed by atoms with Crippen LogP contribution in [0.3, 0.4) is 0 Å². The van der Waals surface area contributed by atoms with Crippen LogP contribution in [0.15, 0.2) is 17.0 Å². The smallest absolute Gasteiger partial charge is 0.189 e. The highest BCUT2D eigenvalue weighted by Crippen LogP contribution is 2.29. The van der Waals surface area contributed by atoms with Gasteiger partial charge in [-0.15, -0.1) is 3.89 Å². The van der Waals surface area contributed by atoms with Crippen molar-refractivity contribution >= 4 is 10.2 Å². The molecule has 0 heterocycles. The maximum Gasteiger partial charge on any atom is 0.332 e. The summed E-state index contributed by atoms with van der Waals surface area (Å²) < 4.78 is 35.0. The molecular formula is C12H17FO2S. The van der Waals surface area contributed by atoms with Crippen LogP contribution in [-0.4, -0.2) is 8.42 Å². The van der Waals surface area contributed by atoms with E-state index in [0.29, 0.717) is 11.1 Å². The van der Waals surface area contributed by atoms with E-state index in [9.17, 15) is 12.3 Å². The Morgan fingerprint density at radius 1 is 1.06 bits per heavy atom. The van der Waals surface area contributed by atoms with Gasteiger partial charge in [0, 0.05) is 0 Å². The van der Waals surface area contributed by atoms with Crippen LogP contribution in [0.5, 0.6) is 0 Å². The molecule has 0 atom stereocenters. The molecule has 0 aliphatic carbocycles. The molecule has 0 amide bonds. The molecule has 0 unspecified atom stereocenters. The fourth-order valence-electron chi connectivity index (χ4n) is 1.77. The van der Waals surface area contributed by atoms with Crippen LogP contribution >= 0.6 is 0 Å². The molecule has 0 saturated heterocycles. The zero-order chi connectivity index (χ0) is 12.7. The Kier molecular flexibility index (Phi) is 3.16. The Morgan fingerprint density at radius 2 is 1.44 bits per heavy atom. The summed E-state index contributed by atoms with van der Waals surface area (Å²) in [5, 5.41) is 0. The second-order valence-electron chi connectivity index (χ2n) is 5.13. The van der Waals surface area contributed by atoms with E-state index >= 15 is 0 Å². The van der Waals surface area contributed by atoms with E-state index in [2.05, 4.69) is 0 Å². The Labute approximate surface area is 96.7 Å². The first kappa shape index (κ1) is 13.2. The fraction of sp³-hybridized carbons (Fsp3) is 0.500. The standard InChI is InChI=1S/C12H17FO2S/c1-8-6-10(12(3,4)5)7-9(2)11(8)16(13,14)15/h6-7H,1-5H3. The lowest BCUT2D eigenvalue weighted by Crippen LogP contribution is -2.13. The molecule has 1 aromatic rings. The maximum absolute atomic E-state index is 13.0. The quantitative estimate of drug-likeness (QED) is 0.711. The van der Waals surface area contributed by atoms with E-state index in [4.69, 9.17) is 0 Å². The molecule has 0 N–H and O–H groups in total. The van der Waals surface area contributed by atoms with Crippen molar-refractivity contribution in [3.63, 3.8) is 0 Å². The Hall–Kier alpha value is -0.900. The predicted molar refractivity (Wildman–Crippen MR) is 62.9 cm³/mol. The molecule has 0 bridgehead atoms. The fourth-order valence-corrected chi connectivity index (χ4v) is 2.65. The van der Waals surface area contributed by atoms with Crippen LogP contribution in [0.4, 0.5) is 3.89 Å². The average Bonchev–Trinajstić information content (AvgIpc) is 1.97. The summed E-state index contributed by atoms with van der Waals surface area (Å²) in [5.41, 5.74) is 1.86. The van der Waals surface area contributed by atoms with E-state index in [1.165, 1.54) is 0 Å². The van der Waals surface area contributed by atoms with Gasteiger partial charge in [-0.1, -0.05) is 32.9 Å². The molecule has 1 rings (SSSR count). The lowest BCUT2D eigenvalue weighted by Gasteiger charge is -2.21. The molecule has 2 nitrogen and oxygen atoms in total. The summed E-state index contributed by atoms with van der Waals surface area (Å²) in [6.07, 6.45) is 0. The SMILES string of the molecule is Cc1cc(C(C)(C)C)cc(C)c1S(=O)(=O)F. The number of hydrogen-bond donors (Lipinski definition) is 0. The molecule has 0 spiro atoms. The minimum Gasteiger partial charge on any atom is -0.189 e. The minimum atomic E-state index is -4.63. The first-order valence-electron chi connectivity index (χ1n) is 5.10. The topological polar surface area (TPSA) is 34.1 Å². The molecule has 0 aliphatic rings. The summed E-state index contributed by atoms with van der Waals surface area (Å²) in [7, 11) is -4.63. The van der Waals surface area contributed by atoms with E-state index in [-0.39, 0.29) is 10.3 Å². The summed E-state index contributed by atoms with van der Waals surface area (Å²) in [6.45, 7) is 9.34. The lowest BCUT2D eigenvalue weighted by atomic mass is 9.85. The van der Waals surface area contributed by atoms with Crippen LogP contribution in [0.1, 0.15) is 37.5 Å². The van der Waals surface area contributed by atoms with Crippen LogP contribution in [0.25, 0.3) is 0 Å². The van der Waals surface area contributed by atoms with Gasteiger partial charge in [0.2, 0.25) is 0 Å². The summed E-state index contributed by atoms with van der Waals surface area (Å²) in [6, 6.07) is 3.47. The van der Waals surface area contributed by atoms with Crippen molar-refractivity contribution in [3.8, 4) is 0 Å². The largest absolute Gasteiger partial charge is 0.332 e. The first-order chi connectivity index (χ1) is 7.03. The third-order valence-corrected chi connectivity index (χ3v) is 3.70. The number of rotatable bonds is 1. The van der Waals surface area contributed by atoms with E-state index in [1.807, 2.05) is 20.8 Å². The van der Waals surface area contributed by atoms with Crippen LogP contribution in [0.2, 0.25) is 0 Å². The van der Waals surface area contributed by atoms with Gasteiger partial charge in [0.15, 0.2) is 0 Å². The summed E-state index contributed by atoms with van der Waals surface area (Å²) in [5.74, 6) is 0. The van der Waals surface area contributed by atoms with Gasteiger partial charge in [-0.05, 0) is 36.0 Å². The second-order valence-corrected chi connectivity index (χ2v) is 6.41. The molecule has 1 aromatic carbocycles. The summed E-state index contributed by atoms with van der Waals surface area (Å²) >= 11 is 0. The van der Waals surface area contributed by atoms with E-state index in [1.54, 1.807) is 26.0 Å². The number of aryl methyl sites for hydroxylation is 2. The Balaban J connectivity index is 3.53. The van der Waals surface area contributed by atoms with Crippen LogP contribution < -0.4 is 0 Å². The van der Waals surface area contributed by atoms with Gasteiger partial charge in [0.1, 0.15) is 4.90 Å². The average molecular weight is 244 g/mol. The number of hydrogen-bond acceptors (Lipinski definition) is 2. The van der Waals surface area contributed by atoms with Gasteiger partial charge in [-0.3, -0.25) is 0 Å². The van der Waals surface area contributed by atoms with E-state index in [0.717, 1.165) is 5.56 Å². The lowest BCUT2D eigenvalue weighted by molar-refractivity contribution is 0.549. The zero-order valence-corrected chi connectivity index (χ0v) is 11.1. The third kappa shape index (κ3) is 2.61. The molecule has 0 aromatic heterocycles. The zero-order valence-electron chi connectivity index (χ0n) is 10.3. The molecule has 0 aliphatic heterocycles. The van der Waals surface area contributed by atoms with Crippen LogP contribution in [-0.2, 0) is 15.6 Å². The Morgan fingerprint density at radius 3 is 1.69 bits per heavy atom. The first-order valence-corrected chi connectivity index (χ1v) is 6.48. The normalized spacial score (nSPS) is 12.9. The molecule has 0 saturated carbocycles. The highest BCUT2D eigenvalue weighted by molar-refractivity contribution is 7.86. The maximum atomic E-state index is 13.0. The van der Waals surface area contributed by atoms with Crippen molar-refractivity contribution in [2.75, 3.05) is 0 Å². The van der Waals surface area contributed by atoms with Gasteiger partial charge in [0.25, 0.3) is 0 Å². The highest BCUT2D eigenvalue weighted by atomic mass is 32.3. The van der Waals surface area contributed by atoms with Gasteiger partial charge >= 0.3 is 10.2 Å². The third-order valence-electron chi connectivity index (χ3n) is 2.57. The molecular weight excluding hydrogens is 227 g/mol. The number of halogens is 1. The monoisotopic (exact) mass is 244 g/mol. The number of benzene rings is 1. The van der Waals surface area contributed by atoms with Gasteiger partial charge in [-0.25, -0.2) is 0 Å². The molecule has 90 valence electrons.